The summed E-state index contributed by atoms with van der Waals surface area (Å²) in [5, 5.41) is 2.76. The highest BCUT2D eigenvalue weighted by molar-refractivity contribution is 8.13. The van der Waals surface area contributed by atoms with Gasteiger partial charge in [0.25, 0.3) is 15.0 Å². The highest BCUT2D eigenvalue weighted by atomic mass is 35.7. The van der Waals surface area contributed by atoms with Crippen LogP contribution in [0.15, 0.2) is 15.4 Å². The van der Waals surface area contributed by atoms with Crippen molar-refractivity contribution in [3.8, 4) is 0 Å². The molecule has 1 aliphatic rings. The van der Waals surface area contributed by atoms with Crippen LogP contribution in [0.1, 0.15) is 42.5 Å². The second-order valence-electron chi connectivity index (χ2n) is 5.32. The first-order chi connectivity index (χ1) is 8.71. The van der Waals surface area contributed by atoms with Crippen molar-refractivity contribution in [2.45, 2.75) is 38.0 Å². The standard InChI is InChI=1S/C12H16ClNO4S/c1-8-10(19(13,16)17)6-9(18-8)11(15)14-7-12(2)4-3-5-12/h6H,3-5,7H2,1-2H3,(H,14,15). The normalized spacial score (nSPS) is 17.8. The van der Waals surface area contributed by atoms with E-state index in [1.807, 2.05) is 0 Å². The number of carbonyl (C=O) groups is 1. The van der Waals surface area contributed by atoms with E-state index < -0.39 is 15.0 Å². The Morgan fingerprint density at radius 2 is 2.16 bits per heavy atom. The number of halogens is 1. The number of amides is 1. The van der Waals surface area contributed by atoms with Gasteiger partial charge in [0.15, 0.2) is 5.76 Å². The van der Waals surface area contributed by atoms with Crippen LogP contribution in [0.25, 0.3) is 0 Å². The Labute approximate surface area is 116 Å². The molecule has 1 N–H and O–H groups in total. The molecular formula is C12H16ClNO4S. The molecule has 0 bridgehead atoms. The average Bonchev–Trinajstić information content (AvgIpc) is 2.65. The van der Waals surface area contributed by atoms with Crippen molar-refractivity contribution in [1.82, 2.24) is 5.32 Å². The number of hydrogen-bond acceptors (Lipinski definition) is 4. The van der Waals surface area contributed by atoms with E-state index in [9.17, 15) is 13.2 Å². The summed E-state index contributed by atoms with van der Waals surface area (Å²) in [7, 11) is 1.36. The molecule has 0 saturated heterocycles. The van der Waals surface area contributed by atoms with Gasteiger partial charge in [-0.2, -0.15) is 0 Å². The van der Waals surface area contributed by atoms with Crippen molar-refractivity contribution in [2.75, 3.05) is 6.54 Å². The van der Waals surface area contributed by atoms with Crippen LogP contribution in [0.5, 0.6) is 0 Å². The zero-order valence-corrected chi connectivity index (χ0v) is 12.4. The summed E-state index contributed by atoms with van der Waals surface area (Å²) in [4.78, 5) is 11.7. The molecule has 0 aromatic carbocycles. The number of carbonyl (C=O) groups excluding carboxylic acids is 1. The Morgan fingerprint density at radius 3 is 2.58 bits per heavy atom. The zero-order valence-electron chi connectivity index (χ0n) is 10.8. The molecule has 1 amide bonds. The fourth-order valence-electron chi connectivity index (χ4n) is 2.16. The molecule has 0 unspecified atom stereocenters. The lowest BCUT2D eigenvalue weighted by atomic mass is 9.70. The van der Waals surface area contributed by atoms with Crippen LogP contribution < -0.4 is 5.32 Å². The van der Waals surface area contributed by atoms with Crippen molar-refractivity contribution in [1.29, 1.82) is 0 Å². The van der Waals surface area contributed by atoms with Gasteiger partial charge in [-0.15, -0.1) is 0 Å². The van der Waals surface area contributed by atoms with Gasteiger partial charge in [0.1, 0.15) is 10.7 Å². The summed E-state index contributed by atoms with van der Waals surface area (Å²) in [5.41, 5.74) is 0.151. The lowest BCUT2D eigenvalue weighted by Crippen LogP contribution is -2.39. The SMILES string of the molecule is Cc1oc(C(=O)NCC2(C)CCC2)cc1S(=O)(=O)Cl. The van der Waals surface area contributed by atoms with Crippen LogP contribution in [0.4, 0.5) is 0 Å². The molecule has 1 saturated carbocycles. The van der Waals surface area contributed by atoms with Gasteiger partial charge in [-0.3, -0.25) is 4.79 Å². The minimum absolute atomic E-state index is 0.0281. The third-order valence-corrected chi connectivity index (χ3v) is 5.02. The highest BCUT2D eigenvalue weighted by Crippen LogP contribution is 2.39. The predicted octanol–water partition coefficient (Wildman–Crippen LogP) is 2.44. The molecule has 0 spiro atoms. The molecule has 1 aromatic rings. The van der Waals surface area contributed by atoms with Crippen molar-refractivity contribution in [3.63, 3.8) is 0 Å². The Bertz CT molecular complexity index is 601. The number of nitrogens with one attached hydrogen (secondary N) is 1. The number of hydrogen-bond donors (Lipinski definition) is 1. The van der Waals surface area contributed by atoms with Gasteiger partial charge in [0.05, 0.1) is 0 Å². The fourth-order valence-corrected chi connectivity index (χ4v) is 3.25. The first-order valence-electron chi connectivity index (χ1n) is 6.05. The first-order valence-corrected chi connectivity index (χ1v) is 8.36. The molecule has 1 aliphatic carbocycles. The maximum atomic E-state index is 11.9. The average molecular weight is 306 g/mol. The smallest absolute Gasteiger partial charge is 0.287 e. The largest absolute Gasteiger partial charge is 0.455 e. The van der Waals surface area contributed by atoms with E-state index in [4.69, 9.17) is 15.1 Å². The Morgan fingerprint density at radius 1 is 1.53 bits per heavy atom. The third kappa shape index (κ3) is 3.12. The van der Waals surface area contributed by atoms with Gasteiger partial charge in [-0.05, 0) is 25.2 Å². The van der Waals surface area contributed by atoms with Gasteiger partial charge in [0, 0.05) is 23.3 Å². The zero-order chi connectivity index (χ0) is 14.3. The lowest BCUT2D eigenvalue weighted by Gasteiger charge is -2.38. The van der Waals surface area contributed by atoms with Crippen LogP contribution in [0.2, 0.25) is 0 Å². The van der Waals surface area contributed by atoms with Crippen LogP contribution in [0.3, 0.4) is 0 Å². The molecule has 19 heavy (non-hydrogen) atoms. The molecule has 1 fully saturated rings. The van der Waals surface area contributed by atoms with Crippen LogP contribution in [-0.2, 0) is 9.05 Å². The van der Waals surface area contributed by atoms with Crippen molar-refractivity contribution >= 4 is 25.6 Å². The Kier molecular flexibility index (Phi) is 3.66. The number of rotatable bonds is 4. The van der Waals surface area contributed by atoms with Gasteiger partial charge in [-0.25, -0.2) is 8.42 Å². The van der Waals surface area contributed by atoms with Crippen LogP contribution in [-0.4, -0.2) is 20.9 Å². The van der Waals surface area contributed by atoms with E-state index in [1.54, 1.807) is 0 Å². The summed E-state index contributed by atoms with van der Waals surface area (Å²) in [5.74, 6) is -0.322. The van der Waals surface area contributed by atoms with E-state index in [0.717, 1.165) is 18.9 Å². The molecule has 0 aliphatic heterocycles. The molecule has 1 aromatic heterocycles. The minimum atomic E-state index is -3.88. The summed E-state index contributed by atoms with van der Waals surface area (Å²) in [6, 6.07) is 1.16. The molecule has 0 atom stereocenters. The monoisotopic (exact) mass is 305 g/mol. The molecule has 2 rings (SSSR count). The van der Waals surface area contributed by atoms with E-state index >= 15 is 0 Å². The third-order valence-electron chi connectivity index (χ3n) is 3.60. The van der Waals surface area contributed by atoms with E-state index in [-0.39, 0.29) is 21.8 Å². The summed E-state index contributed by atoms with van der Waals surface area (Å²) >= 11 is 0. The maximum absolute atomic E-state index is 11.9. The van der Waals surface area contributed by atoms with Crippen molar-refractivity contribution in [2.24, 2.45) is 5.41 Å². The first kappa shape index (κ1) is 14.4. The Balaban J connectivity index is 2.08. The van der Waals surface area contributed by atoms with Gasteiger partial charge >= 0.3 is 0 Å². The van der Waals surface area contributed by atoms with Gasteiger partial charge in [-0.1, -0.05) is 13.3 Å². The van der Waals surface area contributed by atoms with Crippen molar-refractivity contribution in [3.05, 3.63) is 17.6 Å². The molecule has 5 nitrogen and oxygen atoms in total. The lowest BCUT2D eigenvalue weighted by molar-refractivity contribution is 0.0862. The van der Waals surface area contributed by atoms with Crippen LogP contribution >= 0.6 is 10.7 Å². The van der Waals surface area contributed by atoms with E-state index in [2.05, 4.69) is 12.2 Å². The molecule has 106 valence electrons. The summed E-state index contributed by atoms with van der Waals surface area (Å²) < 4.78 is 27.6. The summed E-state index contributed by atoms with van der Waals surface area (Å²) in [6.45, 7) is 4.13. The Hall–Kier alpha value is -1.01. The topological polar surface area (TPSA) is 76.4 Å². The molecule has 0 radical (unpaired) electrons. The minimum Gasteiger partial charge on any atom is -0.455 e. The maximum Gasteiger partial charge on any atom is 0.287 e. The second-order valence-corrected chi connectivity index (χ2v) is 7.85. The van der Waals surface area contributed by atoms with Gasteiger partial charge in [0.2, 0.25) is 0 Å². The van der Waals surface area contributed by atoms with Crippen molar-refractivity contribution < 1.29 is 17.6 Å². The molecular weight excluding hydrogens is 290 g/mol. The van der Waals surface area contributed by atoms with Crippen LogP contribution in [0, 0.1) is 12.3 Å². The predicted molar refractivity (Wildman–Crippen MR) is 70.8 cm³/mol. The summed E-state index contributed by atoms with van der Waals surface area (Å²) in [6.07, 6.45) is 3.36. The second kappa shape index (κ2) is 4.83. The number of furan rings is 1. The van der Waals surface area contributed by atoms with Gasteiger partial charge < -0.3 is 9.73 Å². The molecule has 1 heterocycles. The molecule has 7 heteroatoms. The fraction of sp³-hybridized carbons (Fsp3) is 0.583. The number of aryl methyl sites for hydroxylation is 1. The highest BCUT2D eigenvalue weighted by Gasteiger charge is 2.32. The van der Waals surface area contributed by atoms with E-state index in [1.165, 1.54) is 13.3 Å². The van der Waals surface area contributed by atoms with E-state index in [0.29, 0.717) is 6.54 Å². The quantitative estimate of drug-likeness (QED) is 0.867.